The highest BCUT2D eigenvalue weighted by Gasteiger charge is 2.68. The standard InChI is InChI=1S/C33H52O6/c1-19(11-10-12-20(2)29(36)37)23-17-26(35)33(8)28-22(13-16-32(23,33)7)31(6)15-14-27(39-21(3)34)30(4,5)25(31)18-24(28)38-9/h12,19,23-27,35H,10-11,13-18H2,1-9H3,(H,36,37)/b20-12+/t19-,23-,24-,25+,26+,27-,31-,32-,33+/m1/s1. The second kappa shape index (κ2) is 10.3. The predicted octanol–water partition coefficient (Wildman–Crippen LogP) is 6.71. The van der Waals surface area contributed by atoms with E-state index in [9.17, 15) is 19.8 Å². The molecular formula is C33H52O6. The summed E-state index contributed by atoms with van der Waals surface area (Å²) in [5.74, 6) is -0.0245. The zero-order valence-corrected chi connectivity index (χ0v) is 25.7. The molecule has 0 aromatic carbocycles. The monoisotopic (exact) mass is 544 g/mol. The normalized spacial score (nSPS) is 42.3. The summed E-state index contributed by atoms with van der Waals surface area (Å²) in [6.45, 7) is 17.1. The number of carboxylic acids is 1. The van der Waals surface area contributed by atoms with E-state index in [2.05, 4.69) is 41.5 Å². The number of aliphatic carboxylic acids is 1. The highest BCUT2D eigenvalue weighted by atomic mass is 16.5. The SMILES string of the molecule is CO[C@@H]1C[C@H]2C(C)(C)[C@H](OC(C)=O)CC[C@]2(C)C2=C1[C@]1(C)[C@@H](O)C[C@H]([C@H](C)CC/C=C(\C)C(=O)O)[C@@]1(C)CC2. The lowest BCUT2D eigenvalue weighted by Gasteiger charge is -2.63. The van der Waals surface area contributed by atoms with E-state index in [4.69, 9.17) is 9.47 Å². The summed E-state index contributed by atoms with van der Waals surface area (Å²) < 4.78 is 12.2. The molecule has 0 spiro atoms. The van der Waals surface area contributed by atoms with Gasteiger partial charge in [0.1, 0.15) is 6.10 Å². The third kappa shape index (κ3) is 4.52. The molecule has 0 saturated heterocycles. The molecule has 0 aromatic rings. The molecule has 2 saturated carbocycles. The van der Waals surface area contributed by atoms with Crippen molar-refractivity contribution < 1.29 is 29.3 Å². The molecule has 0 heterocycles. The van der Waals surface area contributed by atoms with Crippen molar-refractivity contribution in [1.82, 2.24) is 0 Å². The Morgan fingerprint density at radius 2 is 1.77 bits per heavy atom. The zero-order chi connectivity index (χ0) is 29.1. The van der Waals surface area contributed by atoms with Crippen LogP contribution in [-0.2, 0) is 19.1 Å². The lowest BCUT2D eigenvalue weighted by Crippen LogP contribution is -2.59. The van der Waals surface area contributed by atoms with Gasteiger partial charge in [0.05, 0.1) is 12.2 Å². The van der Waals surface area contributed by atoms with E-state index in [1.54, 1.807) is 6.92 Å². The van der Waals surface area contributed by atoms with E-state index in [0.717, 1.165) is 51.4 Å². The lowest BCUT2D eigenvalue weighted by atomic mass is 9.42. The van der Waals surface area contributed by atoms with Gasteiger partial charge in [-0.25, -0.2) is 4.79 Å². The molecule has 9 atom stereocenters. The molecule has 2 N–H and O–H groups in total. The summed E-state index contributed by atoms with van der Waals surface area (Å²) in [6.07, 6.45) is 8.40. The summed E-state index contributed by atoms with van der Waals surface area (Å²) in [5.41, 5.74) is 2.60. The maximum atomic E-state index is 11.9. The average molecular weight is 545 g/mol. The van der Waals surface area contributed by atoms with Crippen LogP contribution in [0.5, 0.6) is 0 Å². The van der Waals surface area contributed by atoms with Gasteiger partial charge in [-0.05, 0) is 92.4 Å². The van der Waals surface area contributed by atoms with Gasteiger partial charge in [-0.1, -0.05) is 53.2 Å². The molecule has 0 amide bonds. The van der Waals surface area contributed by atoms with Crippen LogP contribution in [0.25, 0.3) is 0 Å². The van der Waals surface area contributed by atoms with Crippen molar-refractivity contribution in [2.45, 2.75) is 125 Å². The van der Waals surface area contributed by atoms with Gasteiger partial charge < -0.3 is 19.7 Å². The van der Waals surface area contributed by atoms with Crippen LogP contribution in [0.2, 0.25) is 0 Å². The number of carbonyl (C=O) groups is 2. The minimum absolute atomic E-state index is 0.0164. The van der Waals surface area contributed by atoms with Crippen molar-refractivity contribution in [3.05, 3.63) is 22.8 Å². The van der Waals surface area contributed by atoms with Gasteiger partial charge in [0, 0.05) is 30.4 Å². The average Bonchev–Trinajstić information content (AvgIpc) is 3.06. The predicted molar refractivity (Wildman–Crippen MR) is 152 cm³/mol. The summed E-state index contributed by atoms with van der Waals surface area (Å²) in [5, 5.41) is 21.1. The first-order valence-electron chi connectivity index (χ1n) is 15.1. The Labute approximate surface area is 235 Å². The van der Waals surface area contributed by atoms with E-state index in [1.165, 1.54) is 18.1 Å². The molecule has 0 radical (unpaired) electrons. The number of esters is 1. The van der Waals surface area contributed by atoms with Crippen LogP contribution in [0.1, 0.15) is 107 Å². The molecule has 6 heteroatoms. The maximum absolute atomic E-state index is 11.9. The van der Waals surface area contributed by atoms with Crippen LogP contribution in [0, 0.1) is 39.4 Å². The van der Waals surface area contributed by atoms with Gasteiger partial charge in [0.2, 0.25) is 0 Å². The first kappa shape index (κ1) is 30.3. The number of hydrogen-bond donors (Lipinski definition) is 2. The molecule has 0 aromatic heterocycles. The Morgan fingerprint density at radius 1 is 1.10 bits per heavy atom. The Kier molecular flexibility index (Phi) is 8.01. The van der Waals surface area contributed by atoms with Crippen molar-refractivity contribution in [3.8, 4) is 0 Å². The molecule has 4 aliphatic carbocycles. The number of aliphatic hydroxyl groups is 1. The molecule has 4 rings (SSSR count). The van der Waals surface area contributed by atoms with E-state index >= 15 is 0 Å². The van der Waals surface area contributed by atoms with Crippen molar-refractivity contribution in [1.29, 1.82) is 0 Å². The number of rotatable bonds is 7. The highest BCUT2D eigenvalue weighted by Crippen LogP contribution is 2.72. The minimum Gasteiger partial charge on any atom is -0.478 e. The molecule has 4 aliphatic rings. The van der Waals surface area contributed by atoms with Crippen molar-refractivity contribution >= 4 is 11.9 Å². The summed E-state index contributed by atoms with van der Waals surface area (Å²) >= 11 is 0. The number of methoxy groups -OCH3 is 1. The number of allylic oxidation sites excluding steroid dienone is 2. The van der Waals surface area contributed by atoms with Gasteiger partial charge in [0.25, 0.3) is 0 Å². The van der Waals surface area contributed by atoms with Crippen molar-refractivity contribution in [2.24, 2.45) is 39.4 Å². The van der Waals surface area contributed by atoms with Crippen LogP contribution in [0.3, 0.4) is 0 Å². The van der Waals surface area contributed by atoms with Crippen LogP contribution >= 0.6 is 0 Å². The van der Waals surface area contributed by atoms with Gasteiger partial charge in [-0.3, -0.25) is 4.79 Å². The smallest absolute Gasteiger partial charge is 0.330 e. The molecular weight excluding hydrogens is 492 g/mol. The van der Waals surface area contributed by atoms with Crippen molar-refractivity contribution in [2.75, 3.05) is 7.11 Å². The minimum atomic E-state index is -0.856. The van der Waals surface area contributed by atoms with Gasteiger partial charge in [-0.2, -0.15) is 0 Å². The van der Waals surface area contributed by atoms with Crippen LogP contribution < -0.4 is 0 Å². The van der Waals surface area contributed by atoms with Crippen LogP contribution in [-0.4, -0.2) is 47.6 Å². The first-order chi connectivity index (χ1) is 18.1. The Hall–Kier alpha value is -1.66. The summed E-state index contributed by atoms with van der Waals surface area (Å²) in [4.78, 5) is 23.2. The zero-order valence-electron chi connectivity index (χ0n) is 25.7. The van der Waals surface area contributed by atoms with E-state index in [-0.39, 0.29) is 39.8 Å². The fourth-order valence-electron chi connectivity index (χ4n) is 10.0. The molecule has 0 unspecified atom stereocenters. The fourth-order valence-corrected chi connectivity index (χ4v) is 10.0. The molecule has 2 fully saturated rings. The molecule has 0 bridgehead atoms. The second-order valence-corrected chi connectivity index (χ2v) is 14.5. The number of aliphatic hydroxyl groups excluding tert-OH is 1. The Balaban J connectivity index is 1.71. The van der Waals surface area contributed by atoms with E-state index in [1.807, 2.05) is 13.2 Å². The highest BCUT2D eigenvalue weighted by molar-refractivity contribution is 5.85. The third-order valence-electron chi connectivity index (χ3n) is 12.5. The second-order valence-electron chi connectivity index (χ2n) is 14.5. The number of ether oxygens (including phenoxy) is 2. The fraction of sp³-hybridized carbons (Fsp3) is 0.818. The van der Waals surface area contributed by atoms with Crippen LogP contribution in [0.15, 0.2) is 22.8 Å². The summed E-state index contributed by atoms with van der Waals surface area (Å²) in [6, 6.07) is 0. The Bertz CT molecular complexity index is 1060. The maximum Gasteiger partial charge on any atom is 0.330 e. The first-order valence-corrected chi connectivity index (χ1v) is 15.1. The molecule has 39 heavy (non-hydrogen) atoms. The largest absolute Gasteiger partial charge is 0.478 e. The van der Waals surface area contributed by atoms with Gasteiger partial charge >= 0.3 is 11.9 Å². The summed E-state index contributed by atoms with van der Waals surface area (Å²) in [7, 11) is 1.81. The van der Waals surface area contributed by atoms with Crippen molar-refractivity contribution in [3.63, 3.8) is 0 Å². The van der Waals surface area contributed by atoms with Gasteiger partial charge in [-0.15, -0.1) is 0 Å². The number of carbonyl (C=O) groups excluding carboxylic acids is 1. The molecule has 220 valence electrons. The molecule has 0 aliphatic heterocycles. The number of hydrogen-bond acceptors (Lipinski definition) is 5. The Morgan fingerprint density at radius 3 is 2.36 bits per heavy atom. The lowest BCUT2D eigenvalue weighted by molar-refractivity contribution is -0.171. The third-order valence-corrected chi connectivity index (χ3v) is 12.5. The molecule has 6 nitrogen and oxygen atoms in total. The van der Waals surface area contributed by atoms with E-state index < -0.39 is 12.1 Å². The van der Waals surface area contributed by atoms with Gasteiger partial charge in [0.15, 0.2) is 0 Å². The number of fused-ring (bicyclic) bond motifs is 4. The quantitative estimate of drug-likeness (QED) is 0.210. The van der Waals surface area contributed by atoms with Crippen LogP contribution in [0.4, 0.5) is 0 Å². The van der Waals surface area contributed by atoms with E-state index in [0.29, 0.717) is 23.3 Å². The number of carboxylic acid groups (broad SMARTS) is 1. The topological polar surface area (TPSA) is 93.1 Å².